The highest BCUT2D eigenvalue weighted by atomic mass is 127. The number of hydrogen-bond acceptors (Lipinski definition) is 3. The van der Waals surface area contributed by atoms with Crippen LogP contribution in [0.1, 0.15) is 17.3 Å². The minimum Gasteiger partial charge on any atom is -0.494 e. The van der Waals surface area contributed by atoms with Gasteiger partial charge in [-0.1, -0.05) is 12.1 Å². The largest absolute Gasteiger partial charge is 0.494 e. The summed E-state index contributed by atoms with van der Waals surface area (Å²) in [6.07, 6.45) is 0. The van der Waals surface area contributed by atoms with E-state index >= 15 is 0 Å². The Morgan fingerprint density at radius 2 is 1.78 bits per heavy atom. The van der Waals surface area contributed by atoms with Gasteiger partial charge in [0, 0.05) is 9.26 Å². The van der Waals surface area contributed by atoms with Gasteiger partial charge in [-0.3, -0.25) is 9.59 Å². The van der Waals surface area contributed by atoms with Crippen molar-refractivity contribution in [2.24, 2.45) is 0 Å². The average molecular weight is 424 g/mol. The Balaban J connectivity index is 1.85. The number of carbonyl (C=O) groups is 2. The molecule has 0 aliphatic heterocycles. The molecule has 23 heavy (non-hydrogen) atoms. The maximum atomic E-state index is 12.0. The zero-order chi connectivity index (χ0) is 16.7. The van der Waals surface area contributed by atoms with Crippen LogP contribution in [0.25, 0.3) is 0 Å². The summed E-state index contributed by atoms with van der Waals surface area (Å²) in [6.45, 7) is 2.42. The molecule has 0 atom stereocenters. The molecule has 0 bridgehead atoms. The number of benzene rings is 2. The Morgan fingerprint density at radius 3 is 2.43 bits per heavy atom. The van der Waals surface area contributed by atoms with Gasteiger partial charge in [0.15, 0.2) is 0 Å². The van der Waals surface area contributed by atoms with Crippen molar-refractivity contribution in [3.8, 4) is 5.75 Å². The van der Waals surface area contributed by atoms with Crippen LogP contribution < -0.4 is 15.4 Å². The van der Waals surface area contributed by atoms with Crippen molar-refractivity contribution < 1.29 is 14.3 Å². The van der Waals surface area contributed by atoms with Crippen LogP contribution in [0.15, 0.2) is 48.5 Å². The molecule has 120 valence electrons. The molecule has 2 aromatic rings. The summed E-state index contributed by atoms with van der Waals surface area (Å²) in [7, 11) is 0. The zero-order valence-corrected chi connectivity index (χ0v) is 14.8. The van der Waals surface area contributed by atoms with Crippen LogP contribution in [0.3, 0.4) is 0 Å². The summed E-state index contributed by atoms with van der Waals surface area (Å²) < 4.78 is 6.18. The van der Waals surface area contributed by atoms with Gasteiger partial charge in [-0.2, -0.15) is 0 Å². The van der Waals surface area contributed by atoms with E-state index in [0.29, 0.717) is 17.9 Å². The molecule has 0 aromatic heterocycles. The number of rotatable bonds is 6. The second kappa shape index (κ2) is 8.52. The van der Waals surface area contributed by atoms with Crippen molar-refractivity contribution in [2.75, 3.05) is 18.5 Å². The quantitative estimate of drug-likeness (QED) is 0.701. The van der Waals surface area contributed by atoms with Gasteiger partial charge in [0.05, 0.1) is 18.7 Å². The Labute approximate surface area is 148 Å². The van der Waals surface area contributed by atoms with Crippen LogP contribution in [0.4, 0.5) is 5.69 Å². The van der Waals surface area contributed by atoms with Crippen LogP contribution in [0.5, 0.6) is 5.75 Å². The predicted octanol–water partition coefficient (Wildman–Crippen LogP) is 3.06. The summed E-state index contributed by atoms with van der Waals surface area (Å²) in [5.41, 5.74) is 1.21. The van der Waals surface area contributed by atoms with E-state index in [9.17, 15) is 9.59 Å². The molecule has 0 saturated carbocycles. The smallest absolute Gasteiger partial charge is 0.252 e. The lowest BCUT2D eigenvalue weighted by Gasteiger charge is -2.09. The number of halogens is 1. The van der Waals surface area contributed by atoms with Crippen molar-refractivity contribution in [1.82, 2.24) is 5.32 Å². The molecule has 2 aromatic carbocycles. The molecule has 2 rings (SSSR count). The fourth-order valence-corrected chi connectivity index (χ4v) is 2.54. The first-order valence-electron chi connectivity index (χ1n) is 7.15. The molecule has 0 aliphatic rings. The van der Waals surface area contributed by atoms with Gasteiger partial charge >= 0.3 is 0 Å². The normalized spacial score (nSPS) is 10.0. The highest BCUT2D eigenvalue weighted by Gasteiger charge is 2.10. The summed E-state index contributed by atoms with van der Waals surface area (Å²) >= 11 is 2.09. The minimum absolute atomic E-state index is 0.0863. The molecule has 0 saturated heterocycles. The lowest BCUT2D eigenvalue weighted by Crippen LogP contribution is -2.33. The molecular formula is C17H17IN2O3. The van der Waals surface area contributed by atoms with Gasteiger partial charge < -0.3 is 15.4 Å². The molecule has 0 aliphatic carbocycles. The van der Waals surface area contributed by atoms with E-state index in [1.54, 1.807) is 36.4 Å². The SMILES string of the molecule is CCOc1ccc(NC(=O)CNC(=O)c2ccccc2I)cc1. The van der Waals surface area contributed by atoms with Crippen LogP contribution in [0, 0.1) is 3.57 Å². The second-order valence-corrected chi connectivity index (χ2v) is 5.83. The lowest BCUT2D eigenvalue weighted by atomic mass is 10.2. The summed E-state index contributed by atoms with van der Waals surface area (Å²) in [6, 6.07) is 14.3. The fourth-order valence-electron chi connectivity index (χ4n) is 1.91. The third kappa shape index (κ3) is 5.24. The van der Waals surface area contributed by atoms with Crippen molar-refractivity contribution in [3.63, 3.8) is 0 Å². The monoisotopic (exact) mass is 424 g/mol. The first kappa shape index (κ1) is 17.3. The predicted molar refractivity (Wildman–Crippen MR) is 97.7 cm³/mol. The van der Waals surface area contributed by atoms with Gasteiger partial charge in [-0.15, -0.1) is 0 Å². The highest BCUT2D eigenvalue weighted by Crippen LogP contribution is 2.15. The zero-order valence-electron chi connectivity index (χ0n) is 12.6. The molecule has 0 fully saturated rings. The Kier molecular flexibility index (Phi) is 6.40. The van der Waals surface area contributed by atoms with Crippen LogP contribution >= 0.6 is 22.6 Å². The Bertz CT molecular complexity index is 686. The minimum atomic E-state index is -0.284. The molecule has 2 N–H and O–H groups in total. The molecule has 5 nitrogen and oxygen atoms in total. The average Bonchev–Trinajstić information content (AvgIpc) is 2.55. The van der Waals surface area contributed by atoms with E-state index < -0.39 is 0 Å². The van der Waals surface area contributed by atoms with Gasteiger partial charge in [-0.25, -0.2) is 0 Å². The Morgan fingerprint density at radius 1 is 1.09 bits per heavy atom. The van der Waals surface area contributed by atoms with Crippen LogP contribution in [0.2, 0.25) is 0 Å². The number of anilines is 1. The maximum absolute atomic E-state index is 12.0. The first-order chi connectivity index (χ1) is 11.1. The fraction of sp³-hybridized carbons (Fsp3) is 0.176. The Hall–Kier alpha value is -2.09. The van der Waals surface area contributed by atoms with Gasteiger partial charge in [0.2, 0.25) is 5.91 Å². The number of hydrogen-bond donors (Lipinski definition) is 2. The van der Waals surface area contributed by atoms with Crippen molar-refractivity contribution in [2.45, 2.75) is 6.92 Å². The van der Waals surface area contributed by atoms with E-state index in [1.807, 2.05) is 19.1 Å². The number of amides is 2. The van der Waals surface area contributed by atoms with E-state index in [-0.39, 0.29) is 18.4 Å². The highest BCUT2D eigenvalue weighted by molar-refractivity contribution is 14.1. The molecule has 0 unspecified atom stereocenters. The van der Waals surface area contributed by atoms with Crippen LogP contribution in [-0.4, -0.2) is 25.0 Å². The molecule has 2 amide bonds. The molecule has 0 spiro atoms. The first-order valence-corrected chi connectivity index (χ1v) is 8.23. The van der Waals surface area contributed by atoms with Crippen LogP contribution in [-0.2, 0) is 4.79 Å². The lowest BCUT2D eigenvalue weighted by molar-refractivity contribution is -0.115. The second-order valence-electron chi connectivity index (χ2n) is 4.67. The summed E-state index contributed by atoms with van der Waals surface area (Å²) in [5.74, 6) is 0.197. The molecule has 6 heteroatoms. The number of ether oxygens (including phenoxy) is 1. The van der Waals surface area contributed by atoms with Crippen molar-refractivity contribution in [1.29, 1.82) is 0 Å². The van der Waals surface area contributed by atoms with Gasteiger partial charge in [0.1, 0.15) is 5.75 Å². The van der Waals surface area contributed by atoms with E-state index in [4.69, 9.17) is 4.74 Å². The van der Waals surface area contributed by atoms with Gasteiger partial charge in [0.25, 0.3) is 5.91 Å². The summed E-state index contributed by atoms with van der Waals surface area (Å²) in [5, 5.41) is 5.33. The topological polar surface area (TPSA) is 67.4 Å². The third-order valence-electron chi connectivity index (χ3n) is 2.98. The van der Waals surface area contributed by atoms with E-state index in [0.717, 1.165) is 9.32 Å². The maximum Gasteiger partial charge on any atom is 0.252 e. The number of carbonyl (C=O) groups excluding carboxylic acids is 2. The number of nitrogens with one attached hydrogen (secondary N) is 2. The van der Waals surface area contributed by atoms with E-state index in [1.165, 1.54) is 0 Å². The summed E-state index contributed by atoms with van der Waals surface area (Å²) in [4.78, 5) is 23.9. The van der Waals surface area contributed by atoms with Crippen molar-refractivity contribution >= 4 is 40.1 Å². The van der Waals surface area contributed by atoms with Gasteiger partial charge in [-0.05, 0) is 65.9 Å². The molecule has 0 heterocycles. The molecular weight excluding hydrogens is 407 g/mol. The third-order valence-corrected chi connectivity index (χ3v) is 3.92. The van der Waals surface area contributed by atoms with E-state index in [2.05, 4.69) is 33.2 Å². The van der Waals surface area contributed by atoms with Crippen molar-refractivity contribution in [3.05, 3.63) is 57.7 Å². The standard InChI is InChI=1S/C17H17IN2O3/c1-2-23-13-9-7-12(8-10-13)20-16(21)11-19-17(22)14-5-3-4-6-15(14)18/h3-10H,2,11H2,1H3,(H,19,22)(H,20,21). The molecule has 0 radical (unpaired) electrons.